The molecule has 4 atom stereocenters. The Morgan fingerprint density at radius 2 is 2.17 bits per heavy atom. The van der Waals surface area contributed by atoms with Gasteiger partial charge in [-0.2, -0.15) is 5.21 Å². The van der Waals surface area contributed by atoms with E-state index in [2.05, 4.69) is 20.6 Å². The second-order valence-electron chi connectivity index (χ2n) is 4.34. The predicted octanol–water partition coefficient (Wildman–Crippen LogP) is -1.51. The number of aromatic nitrogens is 4. The van der Waals surface area contributed by atoms with Crippen LogP contribution in [0.2, 0.25) is 0 Å². The molecular weight excluding hydrogens is 242 g/mol. The molecule has 0 saturated heterocycles. The predicted molar refractivity (Wildman–Crippen MR) is 56.2 cm³/mol. The number of hydrogen-bond acceptors (Lipinski definition) is 6. The molecule has 4 unspecified atom stereocenters. The number of nitrogens with two attached hydrogens (primary N) is 1. The van der Waals surface area contributed by atoms with E-state index in [0.717, 1.165) is 0 Å². The lowest BCUT2D eigenvalue weighted by Crippen LogP contribution is -2.34. The van der Waals surface area contributed by atoms with Crippen molar-refractivity contribution in [2.24, 2.45) is 23.5 Å². The minimum Gasteiger partial charge on any atom is -0.481 e. The molecule has 18 heavy (non-hydrogen) atoms. The first-order chi connectivity index (χ1) is 8.52. The number of rotatable bonds is 6. The van der Waals surface area contributed by atoms with E-state index < -0.39 is 29.8 Å². The van der Waals surface area contributed by atoms with Crippen LogP contribution >= 0.6 is 0 Å². The van der Waals surface area contributed by atoms with Crippen LogP contribution in [0.25, 0.3) is 0 Å². The largest absolute Gasteiger partial charge is 0.481 e. The summed E-state index contributed by atoms with van der Waals surface area (Å²) in [5.74, 6) is -3.15. The van der Waals surface area contributed by atoms with E-state index >= 15 is 0 Å². The summed E-state index contributed by atoms with van der Waals surface area (Å²) < 4.78 is 0. The Morgan fingerprint density at radius 3 is 2.67 bits per heavy atom. The Kier molecular flexibility index (Phi) is 3.24. The van der Waals surface area contributed by atoms with Crippen LogP contribution in [0, 0.1) is 17.8 Å². The molecule has 1 aliphatic rings. The number of aryl methyl sites for hydroxylation is 1. The molecular formula is C9H13N5O4. The summed E-state index contributed by atoms with van der Waals surface area (Å²) in [5.41, 5.74) is 5.48. The van der Waals surface area contributed by atoms with Gasteiger partial charge in [0, 0.05) is 12.3 Å². The van der Waals surface area contributed by atoms with Gasteiger partial charge in [0.2, 0.25) is 0 Å². The molecule has 0 radical (unpaired) electrons. The number of carboxylic acids is 2. The van der Waals surface area contributed by atoms with Crippen molar-refractivity contribution in [3.63, 3.8) is 0 Å². The topological polar surface area (TPSA) is 155 Å². The lowest BCUT2D eigenvalue weighted by atomic mass is 10.1. The third-order valence-electron chi connectivity index (χ3n) is 3.30. The highest BCUT2D eigenvalue weighted by Gasteiger charge is 2.58. The number of H-pyrrole nitrogens is 1. The van der Waals surface area contributed by atoms with Crippen LogP contribution in [-0.4, -0.2) is 48.8 Å². The average molecular weight is 255 g/mol. The van der Waals surface area contributed by atoms with Gasteiger partial charge < -0.3 is 15.9 Å². The lowest BCUT2D eigenvalue weighted by molar-refractivity contribution is -0.140. The number of aliphatic carboxylic acids is 2. The number of tetrazole rings is 1. The minimum atomic E-state index is -1.17. The van der Waals surface area contributed by atoms with Gasteiger partial charge in [-0.3, -0.25) is 9.59 Å². The van der Waals surface area contributed by atoms with Crippen LogP contribution in [0.4, 0.5) is 0 Å². The van der Waals surface area contributed by atoms with Crippen LogP contribution < -0.4 is 5.73 Å². The Labute approximate surface area is 101 Å². The highest BCUT2D eigenvalue weighted by atomic mass is 16.4. The molecule has 1 aliphatic carbocycles. The SMILES string of the molecule is NC(C(=O)O)C1C(CCc2nn[nH]n2)C1C(=O)O. The van der Waals surface area contributed by atoms with E-state index in [1.165, 1.54) is 0 Å². The summed E-state index contributed by atoms with van der Waals surface area (Å²) in [6.45, 7) is 0. The third kappa shape index (κ3) is 2.30. The summed E-state index contributed by atoms with van der Waals surface area (Å²) in [7, 11) is 0. The van der Waals surface area contributed by atoms with E-state index in [0.29, 0.717) is 18.7 Å². The van der Waals surface area contributed by atoms with Crippen LogP contribution in [-0.2, 0) is 16.0 Å². The monoisotopic (exact) mass is 255 g/mol. The first kappa shape index (κ1) is 12.4. The Balaban J connectivity index is 1.95. The maximum Gasteiger partial charge on any atom is 0.320 e. The van der Waals surface area contributed by atoms with Crippen molar-refractivity contribution in [1.29, 1.82) is 0 Å². The molecule has 0 aromatic carbocycles. The van der Waals surface area contributed by atoms with E-state index in [-0.39, 0.29) is 5.92 Å². The van der Waals surface area contributed by atoms with Crippen LogP contribution in [0.1, 0.15) is 12.2 Å². The Hall–Kier alpha value is -2.03. The highest BCUT2D eigenvalue weighted by molar-refractivity contribution is 5.80. The highest BCUT2D eigenvalue weighted by Crippen LogP contribution is 2.50. The Morgan fingerprint density at radius 1 is 1.44 bits per heavy atom. The van der Waals surface area contributed by atoms with Crippen molar-refractivity contribution >= 4 is 11.9 Å². The standard InChI is InChI=1S/C9H13N5O4/c10-7(9(17)18)5-3(6(5)8(15)16)1-2-4-11-13-14-12-4/h3,5-7H,1-2,10H2,(H,15,16)(H,17,18)(H,11,12,13,14). The molecule has 1 saturated carbocycles. The van der Waals surface area contributed by atoms with Gasteiger partial charge in [-0.25, -0.2) is 0 Å². The molecule has 9 heteroatoms. The van der Waals surface area contributed by atoms with Gasteiger partial charge in [-0.05, 0) is 12.3 Å². The first-order valence-corrected chi connectivity index (χ1v) is 5.46. The number of hydrogen-bond donors (Lipinski definition) is 4. The fraction of sp³-hybridized carbons (Fsp3) is 0.667. The zero-order chi connectivity index (χ0) is 13.3. The van der Waals surface area contributed by atoms with E-state index in [9.17, 15) is 9.59 Å². The van der Waals surface area contributed by atoms with Gasteiger partial charge in [-0.15, -0.1) is 10.2 Å². The maximum atomic E-state index is 11.0. The van der Waals surface area contributed by atoms with Gasteiger partial charge in [0.25, 0.3) is 0 Å². The van der Waals surface area contributed by atoms with Crippen LogP contribution in [0.5, 0.6) is 0 Å². The number of nitrogens with zero attached hydrogens (tertiary/aromatic N) is 3. The smallest absolute Gasteiger partial charge is 0.320 e. The summed E-state index contributed by atoms with van der Waals surface area (Å²) >= 11 is 0. The molecule has 1 aromatic heterocycles. The molecule has 1 fully saturated rings. The van der Waals surface area contributed by atoms with Gasteiger partial charge in [0.05, 0.1) is 5.92 Å². The van der Waals surface area contributed by atoms with E-state index in [4.69, 9.17) is 15.9 Å². The molecule has 1 heterocycles. The minimum absolute atomic E-state index is 0.243. The van der Waals surface area contributed by atoms with Crippen molar-refractivity contribution in [1.82, 2.24) is 20.6 Å². The summed E-state index contributed by atoms with van der Waals surface area (Å²) in [5, 5.41) is 31.0. The number of carboxylic acid groups (broad SMARTS) is 2. The molecule has 0 bridgehead atoms. The maximum absolute atomic E-state index is 11.0. The molecule has 0 aliphatic heterocycles. The normalized spacial score (nSPS) is 27.7. The second-order valence-corrected chi connectivity index (χ2v) is 4.34. The molecule has 1 aromatic rings. The first-order valence-electron chi connectivity index (χ1n) is 5.46. The lowest BCUT2D eigenvalue weighted by Gasteiger charge is -2.03. The summed E-state index contributed by atoms with van der Waals surface area (Å²) in [4.78, 5) is 21.7. The molecule has 2 rings (SSSR count). The molecule has 9 nitrogen and oxygen atoms in total. The van der Waals surface area contributed by atoms with Crippen molar-refractivity contribution in [3.05, 3.63) is 5.82 Å². The van der Waals surface area contributed by atoms with Gasteiger partial charge in [-0.1, -0.05) is 5.21 Å². The van der Waals surface area contributed by atoms with E-state index in [1.807, 2.05) is 0 Å². The molecule has 0 amide bonds. The van der Waals surface area contributed by atoms with Crippen LogP contribution in [0.15, 0.2) is 0 Å². The summed E-state index contributed by atoms with van der Waals surface area (Å²) in [6.07, 6.45) is 0.940. The number of carbonyl (C=O) groups is 2. The Bertz CT molecular complexity index is 448. The fourth-order valence-electron chi connectivity index (χ4n) is 2.36. The van der Waals surface area contributed by atoms with Crippen LogP contribution in [0.3, 0.4) is 0 Å². The average Bonchev–Trinajstić information content (AvgIpc) is 2.80. The molecule has 5 N–H and O–H groups in total. The van der Waals surface area contributed by atoms with Gasteiger partial charge >= 0.3 is 11.9 Å². The van der Waals surface area contributed by atoms with Gasteiger partial charge in [0.15, 0.2) is 5.82 Å². The molecule has 0 spiro atoms. The zero-order valence-corrected chi connectivity index (χ0v) is 9.35. The second kappa shape index (κ2) is 4.69. The quantitative estimate of drug-likeness (QED) is 0.478. The molecule has 98 valence electrons. The number of nitrogens with one attached hydrogen (secondary N) is 1. The summed E-state index contributed by atoms with van der Waals surface area (Å²) in [6, 6.07) is -1.14. The third-order valence-corrected chi connectivity index (χ3v) is 3.30. The zero-order valence-electron chi connectivity index (χ0n) is 9.35. The van der Waals surface area contributed by atoms with Crippen molar-refractivity contribution in [2.45, 2.75) is 18.9 Å². The van der Waals surface area contributed by atoms with Crippen molar-refractivity contribution < 1.29 is 19.8 Å². The van der Waals surface area contributed by atoms with E-state index in [1.54, 1.807) is 0 Å². The van der Waals surface area contributed by atoms with Crippen molar-refractivity contribution in [3.8, 4) is 0 Å². The van der Waals surface area contributed by atoms with Crippen molar-refractivity contribution in [2.75, 3.05) is 0 Å². The number of aromatic amines is 1. The fourth-order valence-corrected chi connectivity index (χ4v) is 2.36. The van der Waals surface area contributed by atoms with Gasteiger partial charge in [0.1, 0.15) is 6.04 Å².